The topological polar surface area (TPSA) is 78.8 Å². The van der Waals surface area contributed by atoms with Gasteiger partial charge >= 0.3 is 5.97 Å². The predicted molar refractivity (Wildman–Crippen MR) is 69.1 cm³/mol. The van der Waals surface area contributed by atoms with Crippen molar-refractivity contribution in [3.05, 3.63) is 0 Å². The van der Waals surface area contributed by atoms with Crippen LogP contribution in [0.2, 0.25) is 0 Å². The molecule has 17 heavy (non-hydrogen) atoms. The normalized spacial score (nSPS) is 16.6. The lowest BCUT2D eigenvalue weighted by molar-refractivity contribution is -0.147. The maximum Gasteiger partial charge on any atom is 0.326 e. The van der Waals surface area contributed by atoms with Crippen molar-refractivity contribution in [1.82, 2.24) is 5.32 Å². The van der Waals surface area contributed by atoms with Crippen LogP contribution in [-0.2, 0) is 9.53 Å². The van der Waals surface area contributed by atoms with Gasteiger partial charge < -0.3 is 14.9 Å². The van der Waals surface area contributed by atoms with Crippen molar-refractivity contribution in [2.45, 2.75) is 38.5 Å². The van der Waals surface area contributed by atoms with E-state index in [2.05, 4.69) is 5.32 Å². The number of hydrogen-bond donors (Lipinski definition) is 3. The van der Waals surface area contributed by atoms with Crippen molar-refractivity contribution >= 4 is 17.7 Å². The molecule has 5 nitrogen and oxygen atoms in total. The van der Waals surface area contributed by atoms with E-state index >= 15 is 0 Å². The second kappa shape index (κ2) is 7.92. The first-order valence-corrected chi connectivity index (χ1v) is 6.74. The van der Waals surface area contributed by atoms with Gasteiger partial charge in [0.1, 0.15) is 5.54 Å². The Hall–Kier alpha value is -0.300. The molecule has 0 aliphatic heterocycles. The summed E-state index contributed by atoms with van der Waals surface area (Å²) in [5, 5.41) is 21.1. The van der Waals surface area contributed by atoms with E-state index in [0.717, 1.165) is 0 Å². The fourth-order valence-electron chi connectivity index (χ4n) is 1.47. The second-order valence-corrected chi connectivity index (χ2v) is 5.50. The lowest BCUT2D eigenvalue weighted by Gasteiger charge is -2.30. The van der Waals surface area contributed by atoms with Gasteiger partial charge in [-0.25, -0.2) is 0 Å². The van der Waals surface area contributed by atoms with E-state index in [9.17, 15) is 9.90 Å². The molecule has 2 unspecified atom stereocenters. The average Bonchev–Trinajstić information content (AvgIpc) is 2.26. The number of ether oxygens (including phenoxy) is 1. The summed E-state index contributed by atoms with van der Waals surface area (Å²) < 4.78 is 4.77. The highest BCUT2D eigenvalue weighted by Crippen LogP contribution is 2.16. The van der Waals surface area contributed by atoms with Crippen LogP contribution < -0.4 is 5.32 Å². The molecule has 3 N–H and O–H groups in total. The Kier molecular flexibility index (Phi) is 7.78. The Labute approximate surface area is 107 Å². The minimum Gasteiger partial charge on any atom is -0.468 e. The first-order chi connectivity index (χ1) is 7.85. The molecule has 0 saturated carbocycles. The van der Waals surface area contributed by atoms with Gasteiger partial charge in [-0.1, -0.05) is 0 Å². The lowest BCUT2D eigenvalue weighted by atomic mass is 10.0. The minimum absolute atomic E-state index is 0.155. The van der Waals surface area contributed by atoms with Gasteiger partial charge in [-0.2, -0.15) is 11.8 Å². The van der Waals surface area contributed by atoms with E-state index in [-0.39, 0.29) is 18.6 Å². The summed E-state index contributed by atoms with van der Waals surface area (Å²) in [4.78, 5) is 11.7. The highest BCUT2D eigenvalue weighted by atomic mass is 32.2. The first kappa shape index (κ1) is 16.7. The number of esters is 1. The minimum atomic E-state index is -0.775. The number of carbonyl (C=O) groups is 1. The molecule has 0 spiro atoms. The number of rotatable bonds is 8. The molecule has 102 valence electrons. The molecule has 0 aliphatic rings. The molecule has 0 heterocycles. The van der Waals surface area contributed by atoms with E-state index in [4.69, 9.17) is 9.84 Å². The zero-order valence-corrected chi connectivity index (χ0v) is 11.7. The lowest BCUT2D eigenvalue weighted by Crippen LogP contribution is -2.55. The van der Waals surface area contributed by atoms with E-state index in [1.165, 1.54) is 18.9 Å². The largest absolute Gasteiger partial charge is 0.468 e. The summed E-state index contributed by atoms with van der Waals surface area (Å²) in [7, 11) is 1.36. The van der Waals surface area contributed by atoms with Gasteiger partial charge in [0, 0.05) is 17.5 Å². The van der Waals surface area contributed by atoms with Crippen molar-refractivity contribution in [3.63, 3.8) is 0 Å². The maximum atomic E-state index is 11.7. The quantitative estimate of drug-likeness (QED) is 0.536. The zero-order chi connectivity index (χ0) is 13.5. The van der Waals surface area contributed by atoms with Gasteiger partial charge in [0.2, 0.25) is 0 Å². The van der Waals surface area contributed by atoms with Gasteiger partial charge in [-0.05, 0) is 20.8 Å². The van der Waals surface area contributed by atoms with Crippen LogP contribution in [0.4, 0.5) is 0 Å². The third-order valence-electron chi connectivity index (χ3n) is 2.15. The highest BCUT2D eigenvalue weighted by molar-refractivity contribution is 7.99. The predicted octanol–water partition coefficient (Wildman–Crippen LogP) is 0.00250. The molecule has 0 fully saturated rings. The van der Waals surface area contributed by atoms with Crippen LogP contribution in [-0.4, -0.2) is 59.1 Å². The Morgan fingerprint density at radius 1 is 1.53 bits per heavy atom. The highest BCUT2D eigenvalue weighted by Gasteiger charge is 2.34. The summed E-state index contributed by atoms with van der Waals surface area (Å²) in [6, 6.07) is 0.155. The third kappa shape index (κ3) is 6.26. The molecule has 0 rings (SSSR count). The smallest absolute Gasteiger partial charge is 0.326 e. The zero-order valence-electron chi connectivity index (χ0n) is 10.9. The molecule has 0 aliphatic carbocycles. The summed E-state index contributed by atoms with van der Waals surface area (Å²) in [6.45, 7) is 5.42. The third-order valence-corrected chi connectivity index (χ3v) is 3.56. The van der Waals surface area contributed by atoms with Crippen molar-refractivity contribution in [1.29, 1.82) is 0 Å². The number of methoxy groups -OCH3 is 1. The number of nitrogens with one attached hydrogen (secondary N) is 1. The van der Waals surface area contributed by atoms with E-state index < -0.39 is 11.6 Å². The Balaban J connectivity index is 4.34. The van der Waals surface area contributed by atoms with Crippen molar-refractivity contribution in [2.24, 2.45) is 0 Å². The molecule has 0 amide bonds. The summed E-state index contributed by atoms with van der Waals surface area (Å²) in [5.41, 5.74) is -0.775. The molecule has 0 bridgehead atoms. The fraction of sp³-hybridized carbons (Fsp3) is 0.909. The molecule has 2 atom stereocenters. The van der Waals surface area contributed by atoms with Gasteiger partial charge in [0.25, 0.3) is 0 Å². The average molecular weight is 265 g/mol. The molecule has 6 heteroatoms. The van der Waals surface area contributed by atoms with Crippen LogP contribution in [0, 0.1) is 0 Å². The second-order valence-electron chi connectivity index (χ2n) is 4.47. The molecular weight excluding hydrogens is 242 g/mol. The van der Waals surface area contributed by atoms with Crippen LogP contribution in [0.25, 0.3) is 0 Å². The number of aliphatic hydroxyl groups is 2. The molecule has 0 aromatic carbocycles. The molecule has 0 radical (unpaired) electrons. The van der Waals surface area contributed by atoms with Crippen LogP contribution in [0.15, 0.2) is 0 Å². The van der Waals surface area contributed by atoms with Crippen molar-refractivity contribution in [3.8, 4) is 0 Å². The Bertz CT molecular complexity index is 238. The van der Waals surface area contributed by atoms with Gasteiger partial charge in [-0.15, -0.1) is 0 Å². The Morgan fingerprint density at radius 2 is 2.12 bits per heavy atom. The summed E-state index contributed by atoms with van der Waals surface area (Å²) >= 11 is 1.41. The number of aliphatic hydroxyl groups excluding tert-OH is 2. The molecule has 0 aromatic heterocycles. The fourth-order valence-corrected chi connectivity index (χ4v) is 2.58. The molecule has 0 aromatic rings. The number of carbonyl (C=O) groups excluding carboxylic acids is 1. The maximum absolute atomic E-state index is 11.7. The summed E-state index contributed by atoms with van der Waals surface area (Å²) in [5.74, 6) is 0.551. The number of thioether (sulfide) groups is 1. The van der Waals surface area contributed by atoms with Gasteiger partial charge in [0.15, 0.2) is 0 Å². The first-order valence-electron chi connectivity index (χ1n) is 5.58. The molecule has 0 saturated heterocycles. The standard InChI is InChI=1S/C11H23NO4S/c1-8(2)12-11(3,10(15)16-4)7-17-6-9(14)5-13/h8-9,12-14H,5-7H2,1-4H3. The van der Waals surface area contributed by atoms with Crippen LogP contribution >= 0.6 is 11.8 Å². The molecular formula is C11H23NO4S. The van der Waals surface area contributed by atoms with Crippen molar-refractivity contribution < 1.29 is 19.7 Å². The van der Waals surface area contributed by atoms with E-state index in [1.54, 1.807) is 6.92 Å². The number of hydrogen-bond acceptors (Lipinski definition) is 6. The monoisotopic (exact) mass is 265 g/mol. The van der Waals surface area contributed by atoms with Gasteiger partial charge in [-0.3, -0.25) is 10.1 Å². The van der Waals surface area contributed by atoms with Crippen LogP contribution in [0.3, 0.4) is 0 Å². The SMILES string of the molecule is COC(=O)C(C)(CSCC(O)CO)NC(C)C. The van der Waals surface area contributed by atoms with Gasteiger partial charge in [0.05, 0.1) is 19.8 Å². The summed E-state index contributed by atoms with van der Waals surface area (Å²) in [6.07, 6.45) is -0.749. The van der Waals surface area contributed by atoms with Crippen LogP contribution in [0.1, 0.15) is 20.8 Å². The Morgan fingerprint density at radius 3 is 2.53 bits per heavy atom. The van der Waals surface area contributed by atoms with Crippen molar-refractivity contribution in [2.75, 3.05) is 25.2 Å². The van der Waals surface area contributed by atoms with Crippen LogP contribution in [0.5, 0.6) is 0 Å². The van der Waals surface area contributed by atoms with E-state index in [0.29, 0.717) is 11.5 Å². The van der Waals surface area contributed by atoms with E-state index in [1.807, 2.05) is 13.8 Å².